The van der Waals surface area contributed by atoms with Gasteiger partial charge in [0.15, 0.2) is 0 Å². The van der Waals surface area contributed by atoms with Crippen molar-refractivity contribution in [3.63, 3.8) is 0 Å². The second kappa shape index (κ2) is 4.20. The van der Waals surface area contributed by atoms with Gasteiger partial charge in [0.05, 0.1) is 5.69 Å². The van der Waals surface area contributed by atoms with E-state index in [9.17, 15) is 4.39 Å². The molecule has 0 aliphatic carbocycles. The van der Waals surface area contributed by atoms with Crippen LogP contribution in [0.2, 0.25) is 0 Å². The SMILES string of the molecule is Nc1ccc(C(N)CCO)cc1F. The molecule has 1 aromatic rings. The maximum absolute atomic E-state index is 12.9. The average Bonchev–Trinajstić information content (AvgIpc) is 2.10. The van der Waals surface area contributed by atoms with Crippen molar-refractivity contribution in [1.29, 1.82) is 0 Å². The van der Waals surface area contributed by atoms with Gasteiger partial charge in [-0.25, -0.2) is 4.39 Å². The van der Waals surface area contributed by atoms with Crippen LogP contribution in [0.15, 0.2) is 18.2 Å². The third-order valence-corrected chi connectivity index (χ3v) is 1.89. The summed E-state index contributed by atoms with van der Waals surface area (Å²) in [6.45, 7) is -0.00678. The first kappa shape index (κ1) is 9.95. The van der Waals surface area contributed by atoms with Crippen molar-refractivity contribution in [2.24, 2.45) is 5.73 Å². The number of benzene rings is 1. The van der Waals surface area contributed by atoms with Crippen molar-refractivity contribution < 1.29 is 9.50 Å². The fraction of sp³-hybridized carbons (Fsp3) is 0.333. The molecule has 1 aromatic carbocycles. The lowest BCUT2D eigenvalue weighted by Gasteiger charge is -2.10. The van der Waals surface area contributed by atoms with Crippen LogP contribution in [-0.2, 0) is 0 Å². The third-order valence-electron chi connectivity index (χ3n) is 1.89. The molecule has 0 heterocycles. The van der Waals surface area contributed by atoms with Crippen molar-refractivity contribution in [3.05, 3.63) is 29.6 Å². The monoisotopic (exact) mass is 184 g/mol. The third kappa shape index (κ3) is 2.40. The first-order valence-corrected chi connectivity index (χ1v) is 4.06. The Morgan fingerprint density at radius 2 is 2.15 bits per heavy atom. The zero-order valence-corrected chi connectivity index (χ0v) is 7.20. The smallest absolute Gasteiger partial charge is 0.146 e. The molecule has 3 nitrogen and oxygen atoms in total. The molecule has 5 N–H and O–H groups in total. The molecule has 0 saturated heterocycles. The van der Waals surface area contributed by atoms with E-state index in [1.807, 2.05) is 0 Å². The average molecular weight is 184 g/mol. The summed E-state index contributed by atoms with van der Waals surface area (Å²) >= 11 is 0. The Kier molecular flexibility index (Phi) is 3.22. The lowest BCUT2D eigenvalue weighted by atomic mass is 10.0. The molecule has 0 saturated carbocycles. The van der Waals surface area contributed by atoms with Crippen LogP contribution in [0, 0.1) is 5.82 Å². The van der Waals surface area contributed by atoms with Gasteiger partial charge < -0.3 is 16.6 Å². The number of nitrogen functional groups attached to an aromatic ring is 1. The minimum Gasteiger partial charge on any atom is -0.396 e. The summed E-state index contributed by atoms with van der Waals surface area (Å²) in [5, 5.41) is 8.62. The normalized spacial score (nSPS) is 12.8. The number of hydrogen-bond acceptors (Lipinski definition) is 3. The summed E-state index contributed by atoms with van der Waals surface area (Å²) in [6, 6.07) is 4.11. The molecule has 13 heavy (non-hydrogen) atoms. The Bertz CT molecular complexity index is 291. The highest BCUT2D eigenvalue weighted by molar-refractivity contribution is 5.41. The van der Waals surface area contributed by atoms with E-state index in [0.717, 1.165) is 0 Å². The highest BCUT2D eigenvalue weighted by Gasteiger charge is 2.07. The molecule has 1 rings (SSSR count). The van der Waals surface area contributed by atoms with E-state index < -0.39 is 5.82 Å². The minimum atomic E-state index is -0.467. The zero-order chi connectivity index (χ0) is 9.84. The van der Waals surface area contributed by atoms with Crippen molar-refractivity contribution in [3.8, 4) is 0 Å². The fourth-order valence-electron chi connectivity index (χ4n) is 1.08. The summed E-state index contributed by atoms with van der Waals surface area (Å²) < 4.78 is 12.9. The van der Waals surface area contributed by atoms with Crippen LogP contribution < -0.4 is 11.5 Å². The number of aliphatic hydroxyl groups is 1. The number of rotatable bonds is 3. The van der Waals surface area contributed by atoms with Crippen LogP contribution in [0.3, 0.4) is 0 Å². The maximum atomic E-state index is 12.9. The van der Waals surface area contributed by atoms with Gasteiger partial charge in [-0.05, 0) is 24.1 Å². The van der Waals surface area contributed by atoms with Crippen LogP contribution in [-0.4, -0.2) is 11.7 Å². The van der Waals surface area contributed by atoms with Crippen LogP contribution in [0.5, 0.6) is 0 Å². The van der Waals surface area contributed by atoms with Gasteiger partial charge in [0.25, 0.3) is 0 Å². The van der Waals surface area contributed by atoms with Crippen LogP contribution in [0.25, 0.3) is 0 Å². The van der Waals surface area contributed by atoms with Crippen molar-refractivity contribution >= 4 is 5.69 Å². The number of nitrogens with two attached hydrogens (primary N) is 2. The molecule has 0 spiro atoms. The minimum absolute atomic E-state index is 0.00678. The molecule has 0 aliphatic heterocycles. The summed E-state index contributed by atoms with van der Waals surface area (Å²) in [4.78, 5) is 0. The molecule has 0 amide bonds. The molecule has 72 valence electrons. The summed E-state index contributed by atoms with van der Waals surface area (Å²) in [5.41, 5.74) is 11.7. The van der Waals surface area contributed by atoms with E-state index in [2.05, 4.69) is 0 Å². The zero-order valence-electron chi connectivity index (χ0n) is 7.20. The largest absolute Gasteiger partial charge is 0.396 e. The van der Waals surface area contributed by atoms with E-state index in [1.165, 1.54) is 12.1 Å². The van der Waals surface area contributed by atoms with Gasteiger partial charge in [0.1, 0.15) is 5.82 Å². The standard InChI is InChI=1S/C9H13FN2O/c10-7-5-6(1-2-9(7)12)8(11)3-4-13/h1-2,5,8,13H,3-4,11-12H2. The highest BCUT2D eigenvalue weighted by atomic mass is 19.1. The number of anilines is 1. The van der Waals surface area contributed by atoms with Crippen LogP contribution in [0.4, 0.5) is 10.1 Å². The van der Waals surface area contributed by atoms with Gasteiger partial charge in [-0.15, -0.1) is 0 Å². The van der Waals surface area contributed by atoms with E-state index in [-0.39, 0.29) is 18.3 Å². The molecule has 0 fully saturated rings. The molecule has 0 aliphatic rings. The quantitative estimate of drug-likeness (QED) is 0.608. The Labute approximate surface area is 76.2 Å². The summed E-state index contributed by atoms with van der Waals surface area (Å²) in [6.07, 6.45) is 0.420. The Morgan fingerprint density at radius 1 is 1.46 bits per heavy atom. The predicted molar refractivity (Wildman–Crippen MR) is 49.4 cm³/mol. The fourth-order valence-corrected chi connectivity index (χ4v) is 1.08. The van der Waals surface area contributed by atoms with Gasteiger partial charge in [0.2, 0.25) is 0 Å². The Morgan fingerprint density at radius 3 is 2.69 bits per heavy atom. The Hall–Kier alpha value is -1.13. The summed E-state index contributed by atoms with van der Waals surface area (Å²) in [7, 11) is 0. The highest BCUT2D eigenvalue weighted by Crippen LogP contribution is 2.18. The lowest BCUT2D eigenvalue weighted by molar-refractivity contribution is 0.276. The van der Waals surface area contributed by atoms with Crippen LogP contribution >= 0.6 is 0 Å². The molecule has 0 aromatic heterocycles. The first-order chi connectivity index (χ1) is 6.15. The maximum Gasteiger partial charge on any atom is 0.146 e. The molecular weight excluding hydrogens is 171 g/mol. The van der Waals surface area contributed by atoms with Gasteiger partial charge in [-0.1, -0.05) is 6.07 Å². The second-order valence-corrected chi connectivity index (χ2v) is 2.90. The number of aliphatic hydroxyl groups excluding tert-OH is 1. The second-order valence-electron chi connectivity index (χ2n) is 2.90. The van der Waals surface area contributed by atoms with E-state index in [0.29, 0.717) is 12.0 Å². The number of hydrogen-bond donors (Lipinski definition) is 3. The molecule has 4 heteroatoms. The van der Waals surface area contributed by atoms with Gasteiger partial charge in [-0.2, -0.15) is 0 Å². The van der Waals surface area contributed by atoms with E-state index in [1.54, 1.807) is 6.07 Å². The van der Waals surface area contributed by atoms with Gasteiger partial charge >= 0.3 is 0 Å². The van der Waals surface area contributed by atoms with Gasteiger partial charge in [0, 0.05) is 12.6 Å². The van der Waals surface area contributed by atoms with Gasteiger partial charge in [-0.3, -0.25) is 0 Å². The summed E-state index contributed by atoms with van der Waals surface area (Å²) in [5.74, 6) is -0.467. The molecule has 1 unspecified atom stereocenters. The first-order valence-electron chi connectivity index (χ1n) is 4.06. The molecule has 0 bridgehead atoms. The molecular formula is C9H13FN2O. The van der Waals surface area contributed by atoms with E-state index >= 15 is 0 Å². The lowest BCUT2D eigenvalue weighted by Crippen LogP contribution is -2.12. The molecule has 1 atom stereocenters. The van der Waals surface area contributed by atoms with Crippen molar-refractivity contribution in [2.75, 3.05) is 12.3 Å². The van der Waals surface area contributed by atoms with Crippen molar-refractivity contribution in [2.45, 2.75) is 12.5 Å². The topological polar surface area (TPSA) is 72.3 Å². The molecule has 0 radical (unpaired) electrons. The van der Waals surface area contributed by atoms with Crippen molar-refractivity contribution in [1.82, 2.24) is 0 Å². The number of halogens is 1. The Balaban J connectivity index is 2.84. The van der Waals surface area contributed by atoms with E-state index in [4.69, 9.17) is 16.6 Å². The van der Waals surface area contributed by atoms with Crippen LogP contribution in [0.1, 0.15) is 18.0 Å². The predicted octanol–water partition coefficient (Wildman–Crippen LogP) is 0.790.